The molecule has 0 N–H and O–H groups in total. The minimum atomic E-state index is -0.129. The third-order valence-electron chi connectivity index (χ3n) is 4.41. The van der Waals surface area contributed by atoms with Gasteiger partial charge in [0.05, 0.1) is 11.8 Å². The Bertz CT molecular complexity index is 953. The van der Waals surface area contributed by atoms with Crippen LogP contribution in [0, 0.1) is 0 Å². The molecule has 1 amide bonds. The first-order chi connectivity index (χ1) is 13.4. The van der Waals surface area contributed by atoms with Crippen LogP contribution in [0.15, 0.2) is 30.5 Å². The third-order valence-corrected chi connectivity index (χ3v) is 5.45. The van der Waals surface area contributed by atoms with Gasteiger partial charge in [0.1, 0.15) is 11.3 Å². The molecule has 0 saturated carbocycles. The van der Waals surface area contributed by atoms with Crippen molar-refractivity contribution >= 4 is 45.0 Å². The molecule has 158 valence electrons. The number of hydrogen-bond donors (Lipinski definition) is 0. The molecule has 0 aliphatic rings. The van der Waals surface area contributed by atoms with Crippen molar-refractivity contribution in [2.75, 3.05) is 39.2 Å². The van der Waals surface area contributed by atoms with Crippen LogP contribution in [0.2, 0.25) is 0 Å². The molecule has 0 aliphatic heterocycles. The van der Waals surface area contributed by atoms with E-state index in [-0.39, 0.29) is 24.4 Å². The summed E-state index contributed by atoms with van der Waals surface area (Å²) in [5.74, 6) is 0.584. The summed E-state index contributed by atoms with van der Waals surface area (Å²) in [5, 5.41) is 5.12. The number of halogens is 1. The average molecular weight is 438 g/mol. The Kier molecular flexibility index (Phi) is 8.01. The molecule has 3 rings (SSSR count). The number of amides is 1. The molecule has 7 nitrogen and oxygen atoms in total. The van der Waals surface area contributed by atoms with Crippen LogP contribution in [-0.2, 0) is 0 Å². The minimum absolute atomic E-state index is 0. The lowest BCUT2D eigenvalue weighted by Gasteiger charge is -2.20. The van der Waals surface area contributed by atoms with Gasteiger partial charge in [0.2, 0.25) is 0 Å². The monoisotopic (exact) mass is 437 g/mol. The van der Waals surface area contributed by atoms with Gasteiger partial charge < -0.3 is 9.64 Å². The van der Waals surface area contributed by atoms with Crippen LogP contribution in [0.25, 0.3) is 10.2 Å². The van der Waals surface area contributed by atoms with Gasteiger partial charge >= 0.3 is 0 Å². The lowest BCUT2D eigenvalue weighted by Crippen LogP contribution is -2.33. The van der Waals surface area contributed by atoms with Gasteiger partial charge in [-0.2, -0.15) is 5.10 Å². The Morgan fingerprint density at radius 1 is 1.24 bits per heavy atom. The van der Waals surface area contributed by atoms with Gasteiger partial charge in [0.15, 0.2) is 10.8 Å². The maximum Gasteiger partial charge on any atom is 0.280 e. The second-order valence-electron chi connectivity index (χ2n) is 7.19. The molecule has 2 heterocycles. The van der Waals surface area contributed by atoms with Gasteiger partial charge in [-0.25, -0.2) is 4.98 Å². The second-order valence-corrected chi connectivity index (χ2v) is 8.20. The summed E-state index contributed by atoms with van der Waals surface area (Å²) in [6.07, 6.45) is 2.69. The molecule has 0 fully saturated rings. The van der Waals surface area contributed by atoms with Crippen LogP contribution < -0.4 is 9.64 Å². The molecular weight excluding hydrogens is 410 g/mol. The molecular formula is C20H28ClN5O2S. The Morgan fingerprint density at radius 2 is 2.00 bits per heavy atom. The molecule has 9 heteroatoms. The van der Waals surface area contributed by atoms with E-state index < -0.39 is 0 Å². The highest BCUT2D eigenvalue weighted by Crippen LogP contribution is 2.34. The van der Waals surface area contributed by atoms with Gasteiger partial charge in [-0.3, -0.25) is 14.4 Å². The van der Waals surface area contributed by atoms with E-state index in [9.17, 15) is 4.79 Å². The number of fused-ring (bicyclic) bond motifs is 1. The molecule has 3 aromatic rings. The van der Waals surface area contributed by atoms with Crippen LogP contribution in [0.5, 0.6) is 5.75 Å². The van der Waals surface area contributed by atoms with Crippen molar-refractivity contribution < 1.29 is 9.53 Å². The second kappa shape index (κ2) is 10.0. The van der Waals surface area contributed by atoms with Crippen molar-refractivity contribution in [3.8, 4) is 5.75 Å². The Labute approximate surface area is 181 Å². The summed E-state index contributed by atoms with van der Waals surface area (Å²) in [7, 11) is 5.68. The number of hydrogen-bond acceptors (Lipinski definition) is 6. The molecule has 0 aliphatic carbocycles. The zero-order chi connectivity index (χ0) is 20.3. The smallest absolute Gasteiger partial charge is 0.280 e. The molecule has 29 heavy (non-hydrogen) atoms. The fourth-order valence-electron chi connectivity index (χ4n) is 2.90. The number of carbonyl (C=O) groups is 1. The summed E-state index contributed by atoms with van der Waals surface area (Å²) >= 11 is 1.50. The summed E-state index contributed by atoms with van der Waals surface area (Å²) in [6.45, 7) is 5.54. The molecule has 0 unspecified atom stereocenters. The number of carbonyl (C=O) groups excluding carboxylic acids is 1. The van der Waals surface area contributed by atoms with E-state index in [0.717, 1.165) is 23.2 Å². The van der Waals surface area contributed by atoms with E-state index in [1.54, 1.807) is 22.8 Å². The van der Waals surface area contributed by atoms with E-state index in [1.165, 1.54) is 11.3 Å². The topological polar surface area (TPSA) is 63.5 Å². The van der Waals surface area contributed by atoms with E-state index in [0.29, 0.717) is 23.1 Å². The van der Waals surface area contributed by atoms with E-state index in [2.05, 4.69) is 10.00 Å². The number of benzene rings is 1. The predicted octanol–water partition coefficient (Wildman–Crippen LogP) is 4.10. The maximum atomic E-state index is 13.3. The largest absolute Gasteiger partial charge is 0.494 e. The van der Waals surface area contributed by atoms with E-state index in [1.807, 2.05) is 52.3 Å². The fourth-order valence-corrected chi connectivity index (χ4v) is 3.91. The molecule has 0 atom stereocenters. The average Bonchev–Trinajstić information content (AvgIpc) is 3.31. The number of nitrogens with zero attached hydrogens (tertiary/aromatic N) is 5. The minimum Gasteiger partial charge on any atom is -0.494 e. The lowest BCUT2D eigenvalue weighted by molar-refractivity contribution is 0.0980. The molecule has 0 radical (unpaired) electrons. The fraction of sp³-hybridized carbons (Fsp3) is 0.450. The molecule has 0 bridgehead atoms. The number of aromatic nitrogens is 3. The summed E-state index contributed by atoms with van der Waals surface area (Å²) in [5.41, 5.74) is 1.22. The van der Waals surface area contributed by atoms with Gasteiger partial charge in [0, 0.05) is 18.8 Å². The Hall–Kier alpha value is -2.16. The van der Waals surface area contributed by atoms with Gasteiger partial charge in [-0.15, -0.1) is 12.4 Å². The number of para-hydroxylation sites is 1. The zero-order valence-electron chi connectivity index (χ0n) is 17.5. The highest BCUT2D eigenvalue weighted by Gasteiger charge is 2.24. The highest BCUT2D eigenvalue weighted by molar-refractivity contribution is 7.22. The number of ether oxygens (including phenoxy) is 1. The Balaban J connectivity index is 0.00000300. The van der Waals surface area contributed by atoms with Crippen LogP contribution >= 0.6 is 23.7 Å². The van der Waals surface area contributed by atoms with Crippen molar-refractivity contribution in [1.82, 2.24) is 19.7 Å². The van der Waals surface area contributed by atoms with Crippen LogP contribution in [0.3, 0.4) is 0 Å². The molecule has 0 saturated heterocycles. The van der Waals surface area contributed by atoms with Crippen molar-refractivity contribution in [1.29, 1.82) is 0 Å². The van der Waals surface area contributed by atoms with Crippen LogP contribution in [-0.4, -0.2) is 59.9 Å². The van der Waals surface area contributed by atoms with Gasteiger partial charge in [-0.05, 0) is 59.1 Å². The van der Waals surface area contributed by atoms with Gasteiger partial charge in [0.25, 0.3) is 5.91 Å². The summed E-state index contributed by atoms with van der Waals surface area (Å²) in [4.78, 5) is 21.8. The van der Waals surface area contributed by atoms with Crippen molar-refractivity contribution in [2.45, 2.75) is 26.3 Å². The SMILES string of the molecule is COc1cccc2sc(N(CCCN(C)C)C(=O)c3ccn(C(C)C)n3)nc12.Cl. The van der Waals surface area contributed by atoms with Crippen molar-refractivity contribution in [3.05, 3.63) is 36.2 Å². The molecule has 0 spiro atoms. The van der Waals surface area contributed by atoms with Crippen LogP contribution in [0.4, 0.5) is 5.13 Å². The first kappa shape index (κ1) is 23.1. The normalized spacial score (nSPS) is 11.1. The number of thiazole rings is 1. The maximum absolute atomic E-state index is 13.3. The lowest BCUT2D eigenvalue weighted by atomic mass is 10.3. The predicted molar refractivity (Wildman–Crippen MR) is 121 cm³/mol. The number of anilines is 1. The molecule has 1 aromatic carbocycles. The van der Waals surface area contributed by atoms with E-state index in [4.69, 9.17) is 9.72 Å². The summed E-state index contributed by atoms with van der Waals surface area (Å²) < 4.78 is 8.22. The Morgan fingerprint density at radius 3 is 2.62 bits per heavy atom. The quantitative estimate of drug-likeness (QED) is 0.530. The zero-order valence-corrected chi connectivity index (χ0v) is 19.1. The first-order valence-corrected chi connectivity index (χ1v) is 10.2. The van der Waals surface area contributed by atoms with Gasteiger partial charge in [-0.1, -0.05) is 17.4 Å². The number of methoxy groups -OCH3 is 1. The summed E-state index contributed by atoms with van der Waals surface area (Å²) in [6, 6.07) is 7.79. The standard InChI is InChI=1S/C20H27N5O2S.ClH/c1-14(2)25-13-10-15(22-25)19(26)24(12-7-11-23(3)4)20-21-18-16(27-5)8-6-9-17(18)28-20;/h6,8-10,13-14H,7,11-12H2,1-5H3;1H. The van der Waals surface area contributed by atoms with Crippen LogP contribution in [0.1, 0.15) is 36.8 Å². The number of rotatable bonds is 8. The van der Waals surface area contributed by atoms with E-state index >= 15 is 0 Å². The first-order valence-electron chi connectivity index (χ1n) is 9.36. The highest BCUT2D eigenvalue weighted by atomic mass is 35.5. The third kappa shape index (κ3) is 5.26. The van der Waals surface area contributed by atoms with Crippen molar-refractivity contribution in [2.24, 2.45) is 0 Å². The molecule has 2 aromatic heterocycles. The van der Waals surface area contributed by atoms with Crippen molar-refractivity contribution in [3.63, 3.8) is 0 Å².